The zero-order valence-corrected chi connectivity index (χ0v) is 57.6. The summed E-state index contributed by atoms with van der Waals surface area (Å²) in [5.74, 6) is -3.73. The van der Waals surface area contributed by atoms with Crippen molar-refractivity contribution in [2.75, 3.05) is 48.8 Å². The quantitative estimate of drug-likeness (QED) is 0.0797. The Balaban J connectivity index is 0.000000267. The van der Waals surface area contributed by atoms with E-state index in [0.29, 0.717) is 40.7 Å². The summed E-state index contributed by atoms with van der Waals surface area (Å²) in [5.41, 5.74) is -3.95. The minimum absolute atomic E-state index is 0. The molecule has 2 heterocycles. The van der Waals surface area contributed by atoms with Crippen LogP contribution in [0.5, 0.6) is 0 Å². The molecular weight excluding hydrogens is 1440 g/mol. The number of hydroxylamine groups is 1. The smallest absolute Gasteiger partial charge is 0.337 e. The number of Topliss-reactive ketones (excluding diaryl/α,β-unsaturated/α-hetero) is 2. The molecular formula is C58H83Ac2NO17. The van der Waals surface area contributed by atoms with E-state index in [4.69, 9.17) is 49.2 Å². The van der Waals surface area contributed by atoms with Gasteiger partial charge in [-0.1, -0.05) is 78.3 Å². The topological polar surface area (TPSA) is 247 Å². The Kier molecular flexibility index (Phi) is 20.1. The molecule has 0 spiro atoms. The van der Waals surface area contributed by atoms with Gasteiger partial charge >= 0.3 is 5.97 Å². The van der Waals surface area contributed by atoms with Gasteiger partial charge in [0.05, 0.1) is 65.8 Å². The van der Waals surface area contributed by atoms with Gasteiger partial charge in [-0.05, 0) is 67.4 Å². The Bertz CT molecular complexity index is 2540. The molecule has 2 saturated heterocycles. The molecule has 20 heteroatoms. The number of methoxy groups -OCH3 is 5. The monoisotopic (exact) mass is 1520 g/mol. The maximum atomic E-state index is 14.8. The second-order valence-corrected chi connectivity index (χ2v) is 24.6. The van der Waals surface area contributed by atoms with Crippen LogP contribution in [0.15, 0.2) is 52.6 Å². The molecule has 8 aliphatic rings. The Morgan fingerprint density at radius 1 is 0.705 bits per heavy atom. The number of terminal acetylenes is 1. The third-order valence-electron chi connectivity index (χ3n) is 21.1. The Morgan fingerprint density at radius 2 is 1.14 bits per heavy atom. The molecule has 2 radical (unpaired) electrons. The molecule has 6 N–H and O–H groups in total. The third-order valence-corrected chi connectivity index (χ3v) is 21.1. The van der Waals surface area contributed by atoms with Gasteiger partial charge in [0.15, 0.2) is 17.7 Å². The number of aliphatic hydroxyl groups is 5. The van der Waals surface area contributed by atoms with E-state index in [9.17, 15) is 39.9 Å². The summed E-state index contributed by atoms with van der Waals surface area (Å²) in [5, 5.41) is 59.9. The summed E-state index contributed by atoms with van der Waals surface area (Å²) in [6, 6.07) is 8.20. The van der Waals surface area contributed by atoms with Crippen LogP contribution in [0.3, 0.4) is 0 Å². The summed E-state index contributed by atoms with van der Waals surface area (Å²) in [6.45, 7) is 18.7. The number of aliphatic hydroxyl groups excluding tert-OH is 1. The predicted molar refractivity (Wildman–Crippen MR) is 274 cm³/mol. The molecule has 0 aromatic heterocycles. The van der Waals surface area contributed by atoms with Gasteiger partial charge in [0.1, 0.15) is 41.7 Å². The van der Waals surface area contributed by atoms with Gasteiger partial charge in [0, 0.05) is 172 Å². The van der Waals surface area contributed by atoms with Crippen molar-refractivity contribution < 1.29 is 171 Å². The van der Waals surface area contributed by atoms with E-state index in [1.165, 1.54) is 21.3 Å². The second kappa shape index (κ2) is 23.6. The number of hydrogen-bond donors (Lipinski definition) is 6. The van der Waals surface area contributed by atoms with Crippen LogP contribution in [0.2, 0.25) is 0 Å². The van der Waals surface area contributed by atoms with Crippen LogP contribution < -0.4 is 5.48 Å². The molecule has 4 saturated carbocycles. The van der Waals surface area contributed by atoms with Gasteiger partial charge in [0.2, 0.25) is 0 Å². The van der Waals surface area contributed by atoms with Crippen molar-refractivity contribution in [2.24, 2.45) is 45.3 Å². The normalized spacial score (nSPS) is 43.5. The zero-order chi connectivity index (χ0) is 56.3. The Hall–Kier alpha value is -0.767. The van der Waals surface area contributed by atoms with Crippen LogP contribution in [0.1, 0.15) is 107 Å². The van der Waals surface area contributed by atoms with Gasteiger partial charge < -0.3 is 68.3 Å². The fourth-order valence-corrected chi connectivity index (χ4v) is 16.8. The molecule has 20 atom stereocenters. The minimum atomic E-state index is -1.58. The van der Waals surface area contributed by atoms with Gasteiger partial charge in [-0.2, -0.15) is 0 Å². The van der Waals surface area contributed by atoms with Crippen LogP contribution in [-0.4, -0.2) is 169 Å². The molecule has 6 fully saturated rings. The predicted octanol–water partition coefficient (Wildman–Crippen LogP) is 3.88. The van der Waals surface area contributed by atoms with E-state index in [-0.39, 0.29) is 126 Å². The first kappa shape index (κ1) is 66.4. The van der Waals surface area contributed by atoms with Crippen molar-refractivity contribution in [3.05, 3.63) is 58.2 Å². The van der Waals surface area contributed by atoms with Gasteiger partial charge in [-0.3, -0.25) is 9.59 Å². The van der Waals surface area contributed by atoms with Crippen molar-refractivity contribution in [3.8, 4) is 12.5 Å². The van der Waals surface area contributed by atoms with Crippen molar-refractivity contribution in [1.29, 1.82) is 0 Å². The van der Waals surface area contributed by atoms with Gasteiger partial charge in [-0.25, -0.2) is 4.79 Å². The molecule has 428 valence electrons. The number of esters is 1. The fourth-order valence-electron chi connectivity index (χ4n) is 16.8. The molecule has 9 rings (SSSR count). The average Bonchev–Trinajstić information content (AvgIpc) is 3.49. The molecule has 20 unspecified atom stereocenters. The van der Waals surface area contributed by atoms with E-state index >= 15 is 0 Å². The maximum Gasteiger partial charge on any atom is 0.337 e. The summed E-state index contributed by atoms with van der Waals surface area (Å²) in [4.78, 5) is 48.0. The number of nitrogens with one attached hydrogen (secondary N) is 1. The largest absolute Gasteiger partial charge is 0.456 e. The Labute approximate surface area is 531 Å². The molecule has 78 heavy (non-hydrogen) atoms. The standard InChI is InChI=1S/C35H47NO10.C23H36O7.2Ac/c1-10-45-36-26(21-14-12-11-13-15-21)28(43-9)31(38)46-22-17-35(40)20(3)29-33(6,23(41-7)16-24-34(29,39)18-44-24)30(37)27(42-8)25(19(22)2)32(35,4)5;1-11-13(24)9-23(27)12(2)18-21(5,14(28-6)8-15-22(18,26)10-30-15)19(25)17(29-7)16(11)20(23,3)4;;/h1,11-15,20,22-24,26-29,36,39-40H,16-18H2,2-9H3;12-15,17-18,24,26-27H,8-10H2,1-7H3;;. The first-order valence-electron chi connectivity index (χ1n) is 26.6. The number of benzene rings is 1. The SMILES string of the molecule is C#CONC(c1ccccc1)C(OC)C(=O)OC1CC2(O)C(C)C3C4(O)COC4CC(OC)C3(C)C(=O)C(OC)C(=C1C)C2(C)C.COC1C(=O)C2(C)C(OC)CC3OCC3(O)C2C(C)C2(O)CC(O)C(C)=C1C2(C)C.[Ac].[Ac]. The number of carbonyl (C=O) groups is 3. The molecule has 1 aromatic rings. The van der Waals surface area contributed by atoms with Crippen molar-refractivity contribution in [3.63, 3.8) is 0 Å². The van der Waals surface area contributed by atoms with E-state index in [1.54, 1.807) is 45.4 Å². The summed E-state index contributed by atoms with van der Waals surface area (Å²) in [6.07, 6.45) is 1.05. The first-order chi connectivity index (χ1) is 35.5. The number of carbonyl (C=O) groups excluding carboxylic acids is 3. The molecule has 2 aliphatic heterocycles. The van der Waals surface area contributed by atoms with Crippen LogP contribution in [0.4, 0.5) is 0 Å². The van der Waals surface area contributed by atoms with Crippen molar-refractivity contribution in [2.45, 2.75) is 178 Å². The van der Waals surface area contributed by atoms with Crippen molar-refractivity contribution >= 4 is 17.5 Å². The average molecular weight is 1520 g/mol. The minimum Gasteiger partial charge on any atom is -0.456 e. The van der Waals surface area contributed by atoms with E-state index < -0.39 is 135 Å². The van der Waals surface area contributed by atoms with E-state index in [0.717, 1.165) is 0 Å². The molecule has 6 aliphatic carbocycles. The molecule has 1 aromatic carbocycles. The first-order valence-corrected chi connectivity index (χ1v) is 26.6. The number of ether oxygens (including phenoxy) is 8. The fraction of sp³-hybridized carbons (Fsp3) is 0.741. The van der Waals surface area contributed by atoms with Gasteiger partial charge in [-0.15, -0.1) is 5.48 Å². The van der Waals surface area contributed by atoms with Gasteiger partial charge in [0.25, 0.3) is 0 Å². The van der Waals surface area contributed by atoms with E-state index in [1.807, 2.05) is 68.4 Å². The number of ketones is 2. The summed E-state index contributed by atoms with van der Waals surface area (Å²) >= 11 is 0. The van der Waals surface area contributed by atoms with Crippen LogP contribution in [-0.2, 0) is 57.1 Å². The molecule has 0 amide bonds. The maximum absolute atomic E-state index is 14.8. The number of rotatable bonds is 11. The van der Waals surface area contributed by atoms with Crippen LogP contribution in [0, 0.1) is 146 Å². The second-order valence-electron chi connectivity index (χ2n) is 24.6. The third kappa shape index (κ3) is 9.47. The van der Waals surface area contributed by atoms with Crippen LogP contribution >= 0.6 is 0 Å². The van der Waals surface area contributed by atoms with Crippen molar-refractivity contribution in [1.82, 2.24) is 5.48 Å². The molecule has 18 nitrogen and oxygen atoms in total. The number of hydrogen-bond acceptors (Lipinski definition) is 18. The number of fused-ring (bicyclic) bond motifs is 10. The van der Waals surface area contributed by atoms with E-state index in [2.05, 4.69) is 11.6 Å². The van der Waals surface area contributed by atoms with Crippen LogP contribution in [0.25, 0.3) is 0 Å². The Morgan fingerprint density at radius 3 is 1.53 bits per heavy atom. The summed E-state index contributed by atoms with van der Waals surface area (Å²) in [7, 11) is 7.43. The summed E-state index contributed by atoms with van der Waals surface area (Å²) < 4.78 is 46.8. The zero-order valence-electron chi connectivity index (χ0n) is 48.1. The molecule has 4 bridgehead atoms.